The number of nitrogens with zero attached hydrogens (tertiary/aromatic N) is 1. The lowest BCUT2D eigenvalue weighted by Gasteiger charge is -2.07. The minimum Gasteiger partial charge on any atom is -0.494 e. The molecule has 21 heavy (non-hydrogen) atoms. The molecule has 0 radical (unpaired) electrons. The summed E-state index contributed by atoms with van der Waals surface area (Å²) < 4.78 is 37.1. The van der Waals surface area contributed by atoms with Crippen LogP contribution < -0.4 is 9.46 Å². The van der Waals surface area contributed by atoms with E-state index in [0.717, 1.165) is 5.69 Å². The molecule has 2 rings (SSSR count). The third-order valence-electron chi connectivity index (χ3n) is 2.78. The molecule has 6 nitrogen and oxygen atoms in total. The Morgan fingerprint density at radius 3 is 2.57 bits per heavy atom. The number of hydrogen-bond donors (Lipinski definition) is 1. The van der Waals surface area contributed by atoms with Crippen molar-refractivity contribution in [2.45, 2.75) is 25.2 Å². The molecule has 0 bridgehead atoms. The Kier molecular flexibility index (Phi) is 4.98. The molecule has 0 amide bonds. The van der Waals surface area contributed by atoms with Crippen molar-refractivity contribution >= 4 is 10.0 Å². The number of aryl methyl sites for hydroxylation is 1. The summed E-state index contributed by atoms with van der Waals surface area (Å²) in [7, 11) is -3.52. The Balaban J connectivity index is 1.94. The fourth-order valence-corrected chi connectivity index (χ4v) is 2.83. The Hall–Kier alpha value is -1.86. The van der Waals surface area contributed by atoms with Gasteiger partial charge in [0.1, 0.15) is 12.0 Å². The summed E-state index contributed by atoms with van der Waals surface area (Å²) in [5, 5.41) is 0. The first-order valence-corrected chi connectivity index (χ1v) is 8.13. The van der Waals surface area contributed by atoms with Gasteiger partial charge in [0.2, 0.25) is 10.0 Å². The lowest BCUT2D eigenvalue weighted by molar-refractivity contribution is 0.340. The molecule has 7 heteroatoms. The van der Waals surface area contributed by atoms with E-state index < -0.39 is 10.0 Å². The van der Waals surface area contributed by atoms with Gasteiger partial charge in [-0.2, -0.15) is 0 Å². The van der Waals surface area contributed by atoms with E-state index in [1.54, 1.807) is 19.1 Å². The van der Waals surface area contributed by atoms with Crippen LogP contribution in [0.1, 0.15) is 18.5 Å². The average molecular weight is 310 g/mol. The van der Waals surface area contributed by atoms with Crippen LogP contribution in [-0.4, -0.2) is 26.6 Å². The van der Waals surface area contributed by atoms with E-state index in [9.17, 15) is 8.42 Å². The van der Waals surface area contributed by atoms with Crippen molar-refractivity contribution in [1.82, 2.24) is 9.71 Å². The number of ether oxygens (including phenoxy) is 1. The van der Waals surface area contributed by atoms with Crippen LogP contribution in [0.2, 0.25) is 0 Å². The van der Waals surface area contributed by atoms with Gasteiger partial charge in [-0.15, -0.1) is 0 Å². The Bertz CT molecular complexity index is 677. The van der Waals surface area contributed by atoms with Crippen molar-refractivity contribution in [3.05, 3.63) is 42.1 Å². The number of sulfonamides is 1. The zero-order chi connectivity index (χ0) is 15.3. The van der Waals surface area contributed by atoms with E-state index >= 15 is 0 Å². The molecule has 0 aliphatic rings. The zero-order valence-electron chi connectivity index (χ0n) is 12.0. The molecule has 114 valence electrons. The highest BCUT2D eigenvalue weighted by molar-refractivity contribution is 7.89. The van der Waals surface area contributed by atoms with Gasteiger partial charge in [0.05, 0.1) is 17.2 Å². The molecule has 0 aliphatic heterocycles. The van der Waals surface area contributed by atoms with Crippen LogP contribution in [0.4, 0.5) is 0 Å². The molecular formula is C14H18N2O4S. The molecule has 0 spiro atoms. The first-order chi connectivity index (χ1) is 10.0. The first kappa shape index (κ1) is 15.5. The molecule has 1 aromatic carbocycles. The maximum Gasteiger partial charge on any atom is 0.240 e. The maximum absolute atomic E-state index is 12.1. The molecule has 1 heterocycles. The minimum absolute atomic E-state index is 0.210. The predicted molar refractivity (Wildman–Crippen MR) is 77.7 cm³/mol. The van der Waals surface area contributed by atoms with Gasteiger partial charge in [-0.3, -0.25) is 0 Å². The first-order valence-electron chi connectivity index (χ1n) is 6.65. The molecule has 0 saturated carbocycles. The van der Waals surface area contributed by atoms with E-state index in [0.29, 0.717) is 24.7 Å². The van der Waals surface area contributed by atoms with Crippen molar-refractivity contribution in [3.63, 3.8) is 0 Å². The van der Waals surface area contributed by atoms with Crippen molar-refractivity contribution in [2.24, 2.45) is 0 Å². The van der Waals surface area contributed by atoms with E-state index in [2.05, 4.69) is 9.71 Å². The van der Waals surface area contributed by atoms with E-state index in [4.69, 9.17) is 9.15 Å². The Labute approximate surface area is 124 Å². The van der Waals surface area contributed by atoms with Gasteiger partial charge < -0.3 is 9.15 Å². The van der Waals surface area contributed by atoms with Gasteiger partial charge in [0.15, 0.2) is 5.89 Å². The van der Waals surface area contributed by atoms with Gasteiger partial charge in [-0.25, -0.2) is 18.1 Å². The van der Waals surface area contributed by atoms with Gasteiger partial charge in [0.25, 0.3) is 0 Å². The van der Waals surface area contributed by atoms with E-state index in [1.165, 1.54) is 18.4 Å². The highest BCUT2D eigenvalue weighted by Gasteiger charge is 2.13. The van der Waals surface area contributed by atoms with Crippen molar-refractivity contribution < 1.29 is 17.6 Å². The van der Waals surface area contributed by atoms with Gasteiger partial charge >= 0.3 is 0 Å². The topological polar surface area (TPSA) is 81.4 Å². The average Bonchev–Trinajstić information content (AvgIpc) is 2.85. The summed E-state index contributed by atoms with van der Waals surface area (Å²) in [5.41, 5.74) is 0.724. The van der Waals surface area contributed by atoms with Crippen LogP contribution in [0.25, 0.3) is 0 Å². The second-order valence-electron chi connectivity index (χ2n) is 4.41. The van der Waals surface area contributed by atoms with Gasteiger partial charge in [0, 0.05) is 19.9 Å². The quantitative estimate of drug-likeness (QED) is 0.844. The summed E-state index contributed by atoms with van der Waals surface area (Å²) in [6.45, 7) is 4.43. The maximum atomic E-state index is 12.1. The third-order valence-corrected chi connectivity index (χ3v) is 4.26. The number of aromatic nitrogens is 1. The molecular weight excluding hydrogens is 292 g/mol. The van der Waals surface area contributed by atoms with E-state index in [-0.39, 0.29) is 11.4 Å². The minimum atomic E-state index is -3.52. The molecule has 1 N–H and O–H groups in total. The van der Waals surface area contributed by atoms with Crippen LogP contribution >= 0.6 is 0 Å². The van der Waals surface area contributed by atoms with Crippen LogP contribution in [0.3, 0.4) is 0 Å². The normalized spacial score (nSPS) is 11.5. The number of benzene rings is 1. The van der Waals surface area contributed by atoms with Gasteiger partial charge in [-0.1, -0.05) is 0 Å². The molecule has 0 unspecified atom stereocenters. The lowest BCUT2D eigenvalue weighted by Crippen LogP contribution is -2.26. The van der Waals surface area contributed by atoms with Gasteiger partial charge in [-0.05, 0) is 31.2 Å². The second kappa shape index (κ2) is 6.73. The zero-order valence-corrected chi connectivity index (χ0v) is 12.8. The molecule has 2 aromatic rings. The lowest BCUT2D eigenvalue weighted by atomic mass is 10.3. The molecule has 0 aliphatic carbocycles. The molecule has 1 aromatic heterocycles. The Morgan fingerprint density at radius 2 is 2.00 bits per heavy atom. The molecule has 0 saturated heterocycles. The Morgan fingerprint density at radius 1 is 1.29 bits per heavy atom. The second-order valence-corrected chi connectivity index (χ2v) is 6.18. The standard InChI is InChI=1S/C14H18N2O4S/c1-3-19-13-4-6-14(7-5-13)21(17,18)15-9-8-12-10-20-11(2)16-12/h4-7,10,15H,3,8-9H2,1-2H3. The third kappa shape index (κ3) is 4.30. The van der Waals surface area contributed by atoms with Crippen LogP contribution in [0.15, 0.2) is 39.8 Å². The van der Waals surface area contributed by atoms with Crippen molar-refractivity contribution in [1.29, 1.82) is 0 Å². The largest absolute Gasteiger partial charge is 0.494 e. The summed E-state index contributed by atoms with van der Waals surface area (Å²) in [6, 6.07) is 6.32. The SMILES string of the molecule is CCOc1ccc(S(=O)(=O)NCCc2coc(C)n2)cc1. The summed E-state index contributed by atoms with van der Waals surface area (Å²) in [6.07, 6.45) is 2.01. The summed E-state index contributed by atoms with van der Waals surface area (Å²) >= 11 is 0. The predicted octanol–water partition coefficient (Wildman–Crippen LogP) is 1.90. The number of hydrogen-bond acceptors (Lipinski definition) is 5. The number of rotatable bonds is 7. The van der Waals surface area contributed by atoms with Crippen molar-refractivity contribution in [3.8, 4) is 5.75 Å². The van der Waals surface area contributed by atoms with Crippen LogP contribution in [-0.2, 0) is 16.4 Å². The number of oxazole rings is 1. The van der Waals surface area contributed by atoms with Crippen molar-refractivity contribution in [2.75, 3.05) is 13.2 Å². The summed E-state index contributed by atoms with van der Waals surface area (Å²) in [4.78, 5) is 4.33. The molecule has 0 fully saturated rings. The van der Waals surface area contributed by atoms with Crippen LogP contribution in [0.5, 0.6) is 5.75 Å². The summed E-state index contributed by atoms with van der Waals surface area (Å²) in [5.74, 6) is 1.22. The highest BCUT2D eigenvalue weighted by atomic mass is 32.2. The smallest absolute Gasteiger partial charge is 0.240 e. The fraction of sp³-hybridized carbons (Fsp3) is 0.357. The van der Waals surface area contributed by atoms with Crippen LogP contribution in [0, 0.1) is 6.92 Å². The van der Waals surface area contributed by atoms with E-state index in [1.807, 2.05) is 6.92 Å². The highest BCUT2D eigenvalue weighted by Crippen LogP contribution is 2.15. The number of nitrogens with one attached hydrogen (secondary N) is 1. The molecule has 0 atom stereocenters. The monoisotopic (exact) mass is 310 g/mol. The fourth-order valence-electron chi connectivity index (χ4n) is 1.80.